The smallest absolute Gasteiger partial charge is 0.261 e. The molecule has 7 heteroatoms. The number of aromatic nitrogens is 1. The van der Waals surface area contributed by atoms with E-state index in [9.17, 15) is 9.59 Å². The van der Waals surface area contributed by atoms with Crippen LogP contribution in [-0.4, -0.2) is 52.9 Å². The molecule has 0 aliphatic carbocycles. The Morgan fingerprint density at radius 3 is 2.43 bits per heavy atom. The first-order valence-corrected chi connectivity index (χ1v) is 12.0. The van der Waals surface area contributed by atoms with Crippen LogP contribution in [0.3, 0.4) is 0 Å². The highest BCUT2D eigenvalue weighted by Crippen LogP contribution is 2.34. The van der Waals surface area contributed by atoms with Crippen LogP contribution in [0.4, 0.5) is 0 Å². The summed E-state index contributed by atoms with van der Waals surface area (Å²) in [5.74, 6) is 1.21. The molecule has 1 unspecified atom stereocenters. The molecule has 0 saturated heterocycles. The van der Waals surface area contributed by atoms with Gasteiger partial charge in [-0.3, -0.25) is 24.4 Å². The Morgan fingerprint density at radius 2 is 1.71 bits per heavy atom. The van der Waals surface area contributed by atoms with Gasteiger partial charge in [0.15, 0.2) is 0 Å². The molecule has 1 aromatic heterocycles. The summed E-state index contributed by atoms with van der Waals surface area (Å²) in [6, 6.07) is 18.8. The lowest BCUT2D eigenvalue weighted by molar-refractivity contribution is 0.0640. The standard InChI is InChI=1S/C28H29N3O4/c1-3-14-30(21-15-24-25(34-2)12-7-13-26(24)35-18-21)16-19-8-6-9-20(29-19)17-31-27(32)22-10-4-5-11-23(22)28(31)33/h4-13,21H,3,14-18H2,1-2H3. The van der Waals surface area contributed by atoms with Gasteiger partial charge in [-0.2, -0.15) is 0 Å². The van der Waals surface area contributed by atoms with E-state index < -0.39 is 0 Å². The van der Waals surface area contributed by atoms with E-state index in [1.807, 2.05) is 36.4 Å². The number of ether oxygens (including phenoxy) is 2. The van der Waals surface area contributed by atoms with Gasteiger partial charge < -0.3 is 9.47 Å². The molecule has 5 rings (SSSR count). The molecule has 0 spiro atoms. The van der Waals surface area contributed by atoms with Gasteiger partial charge in [0.2, 0.25) is 0 Å². The molecule has 180 valence electrons. The lowest BCUT2D eigenvalue weighted by Crippen LogP contribution is -2.43. The van der Waals surface area contributed by atoms with Crippen LogP contribution < -0.4 is 9.47 Å². The number of imide groups is 1. The molecular weight excluding hydrogens is 442 g/mol. The lowest BCUT2D eigenvalue weighted by atomic mass is 10.00. The Morgan fingerprint density at radius 1 is 1.00 bits per heavy atom. The van der Waals surface area contributed by atoms with Crippen LogP contribution >= 0.6 is 0 Å². The Labute approximate surface area is 205 Å². The van der Waals surface area contributed by atoms with Crippen LogP contribution in [0.1, 0.15) is 51.0 Å². The topological polar surface area (TPSA) is 72.0 Å². The van der Waals surface area contributed by atoms with Crippen molar-refractivity contribution in [2.75, 3.05) is 20.3 Å². The number of nitrogens with zero attached hydrogens (tertiary/aromatic N) is 3. The maximum atomic E-state index is 12.8. The van der Waals surface area contributed by atoms with Gasteiger partial charge in [0.1, 0.15) is 18.1 Å². The van der Waals surface area contributed by atoms with E-state index in [4.69, 9.17) is 14.5 Å². The third-order valence-corrected chi connectivity index (χ3v) is 6.64. The van der Waals surface area contributed by atoms with Crippen molar-refractivity contribution in [1.82, 2.24) is 14.8 Å². The number of rotatable bonds is 8. The fourth-order valence-corrected chi connectivity index (χ4v) is 4.92. The zero-order chi connectivity index (χ0) is 24.4. The van der Waals surface area contributed by atoms with E-state index in [1.165, 1.54) is 4.90 Å². The Kier molecular flexibility index (Phi) is 6.51. The monoisotopic (exact) mass is 471 g/mol. The molecule has 2 aliphatic heterocycles. The van der Waals surface area contributed by atoms with Crippen molar-refractivity contribution in [1.29, 1.82) is 0 Å². The normalized spacial score (nSPS) is 16.8. The summed E-state index contributed by atoms with van der Waals surface area (Å²) in [6.07, 6.45) is 1.85. The molecule has 0 saturated carbocycles. The van der Waals surface area contributed by atoms with Gasteiger partial charge in [-0.25, -0.2) is 0 Å². The summed E-state index contributed by atoms with van der Waals surface area (Å²) in [5.41, 5.74) is 3.60. The van der Waals surface area contributed by atoms with Gasteiger partial charge >= 0.3 is 0 Å². The fraction of sp³-hybridized carbons (Fsp3) is 0.321. The van der Waals surface area contributed by atoms with Crippen LogP contribution in [0.5, 0.6) is 11.5 Å². The molecule has 7 nitrogen and oxygen atoms in total. The quantitative estimate of drug-likeness (QED) is 0.461. The first kappa shape index (κ1) is 23.1. The van der Waals surface area contributed by atoms with Crippen molar-refractivity contribution in [2.24, 2.45) is 0 Å². The molecule has 2 aliphatic rings. The number of carbonyl (C=O) groups excluding carboxylic acids is 2. The van der Waals surface area contributed by atoms with Crippen molar-refractivity contribution in [3.63, 3.8) is 0 Å². The Hall–Kier alpha value is -3.71. The van der Waals surface area contributed by atoms with Gasteiger partial charge in [-0.15, -0.1) is 0 Å². The molecule has 1 atom stereocenters. The number of hydrogen-bond acceptors (Lipinski definition) is 6. The molecule has 0 radical (unpaired) electrons. The van der Waals surface area contributed by atoms with Gasteiger partial charge in [0.05, 0.1) is 36.2 Å². The number of methoxy groups -OCH3 is 1. The number of pyridine rings is 1. The minimum atomic E-state index is -0.266. The molecular formula is C28H29N3O4. The van der Waals surface area contributed by atoms with Crippen molar-refractivity contribution in [2.45, 2.75) is 38.9 Å². The van der Waals surface area contributed by atoms with E-state index in [2.05, 4.69) is 11.8 Å². The number of amides is 2. The summed E-state index contributed by atoms with van der Waals surface area (Å²) in [5, 5.41) is 0. The van der Waals surface area contributed by atoms with Crippen molar-refractivity contribution < 1.29 is 19.1 Å². The maximum absolute atomic E-state index is 12.8. The summed E-state index contributed by atoms with van der Waals surface area (Å²) in [4.78, 5) is 34.0. The van der Waals surface area contributed by atoms with Crippen LogP contribution in [-0.2, 0) is 19.5 Å². The molecule has 2 aromatic carbocycles. The minimum absolute atomic E-state index is 0.158. The highest BCUT2D eigenvalue weighted by atomic mass is 16.5. The van der Waals surface area contributed by atoms with Crippen molar-refractivity contribution in [3.8, 4) is 11.5 Å². The van der Waals surface area contributed by atoms with Crippen LogP contribution in [0.15, 0.2) is 60.7 Å². The van der Waals surface area contributed by atoms with E-state index in [0.717, 1.165) is 42.1 Å². The minimum Gasteiger partial charge on any atom is -0.496 e. The summed E-state index contributed by atoms with van der Waals surface area (Å²) < 4.78 is 11.7. The van der Waals surface area contributed by atoms with Crippen molar-refractivity contribution >= 4 is 11.8 Å². The van der Waals surface area contributed by atoms with Gasteiger partial charge in [0, 0.05) is 18.2 Å². The zero-order valence-corrected chi connectivity index (χ0v) is 20.1. The predicted molar refractivity (Wildman–Crippen MR) is 132 cm³/mol. The highest BCUT2D eigenvalue weighted by Gasteiger charge is 2.35. The first-order chi connectivity index (χ1) is 17.1. The van der Waals surface area contributed by atoms with E-state index in [-0.39, 0.29) is 24.4 Å². The second-order valence-corrected chi connectivity index (χ2v) is 8.94. The van der Waals surface area contributed by atoms with E-state index in [0.29, 0.717) is 30.0 Å². The number of hydrogen-bond donors (Lipinski definition) is 0. The maximum Gasteiger partial charge on any atom is 0.261 e. The molecule has 0 fully saturated rings. The highest BCUT2D eigenvalue weighted by molar-refractivity contribution is 6.21. The second kappa shape index (κ2) is 9.88. The molecule has 0 bridgehead atoms. The fourth-order valence-electron chi connectivity index (χ4n) is 4.92. The summed E-state index contributed by atoms with van der Waals surface area (Å²) in [6.45, 7) is 4.49. The molecule has 2 amide bonds. The van der Waals surface area contributed by atoms with Gasteiger partial charge in [0.25, 0.3) is 11.8 Å². The van der Waals surface area contributed by atoms with Gasteiger partial charge in [-0.1, -0.05) is 31.2 Å². The van der Waals surface area contributed by atoms with Crippen LogP contribution in [0, 0.1) is 0 Å². The number of benzene rings is 2. The molecule has 35 heavy (non-hydrogen) atoms. The van der Waals surface area contributed by atoms with E-state index >= 15 is 0 Å². The molecule has 0 N–H and O–H groups in total. The van der Waals surface area contributed by atoms with E-state index in [1.54, 1.807) is 31.4 Å². The molecule has 3 aromatic rings. The zero-order valence-electron chi connectivity index (χ0n) is 20.1. The Balaban J connectivity index is 1.32. The SMILES string of the molecule is CCCN(Cc1cccc(CN2C(=O)c3ccccc3C2=O)n1)C1COc2cccc(OC)c2C1. The number of carbonyl (C=O) groups is 2. The Bertz CT molecular complexity index is 1210. The molecule has 3 heterocycles. The van der Waals surface area contributed by atoms with Crippen LogP contribution in [0.25, 0.3) is 0 Å². The number of fused-ring (bicyclic) bond motifs is 2. The summed E-state index contributed by atoms with van der Waals surface area (Å²) in [7, 11) is 1.69. The average Bonchev–Trinajstić information content (AvgIpc) is 3.13. The average molecular weight is 472 g/mol. The summed E-state index contributed by atoms with van der Waals surface area (Å²) >= 11 is 0. The largest absolute Gasteiger partial charge is 0.496 e. The second-order valence-electron chi connectivity index (χ2n) is 8.94. The van der Waals surface area contributed by atoms with Crippen molar-refractivity contribution in [3.05, 3.63) is 88.7 Å². The third-order valence-electron chi connectivity index (χ3n) is 6.64. The third kappa shape index (κ3) is 4.51. The lowest BCUT2D eigenvalue weighted by Gasteiger charge is -2.35. The predicted octanol–water partition coefficient (Wildman–Crippen LogP) is 4.10. The first-order valence-electron chi connectivity index (χ1n) is 12.0. The van der Waals surface area contributed by atoms with Crippen LogP contribution in [0.2, 0.25) is 0 Å². The van der Waals surface area contributed by atoms with Gasteiger partial charge in [-0.05, 0) is 55.8 Å².